The van der Waals surface area contributed by atoms with Crippen LogP contribution < -0.4 is 15.4 Å². The molecule has 2 aliphatic rings. The molecular weight excluding hydrogens is 240 g/mol. The molecule has 19 heavy (non-hydrogen) atoms. The number of rotatable bonds is 3. The molecule has 2 unspecified atom stereocenters. The standard InChI is InChI=1S/C14H22N4O/c1-3-19-13-6-9(2)16-14(17-13)18-11-4-5-12(18)8-10(15)7-11/h6,10-12H,3-5,7-8,15H2,1-2H3. The van der Waals surface area contributed by atoms with Crippen molar-refractivity contribution < 1.29 is 4.74 Å². The zero-order valence-corrected chi connectivity index (χ0v) is 11.7. The summed E-state index contributed by atoms with van der Waals surface area (Å²) in [7, 11) is 0. The molecule has 5 nitrogen and oxygen atoms in total. The van der Waals surface area contributed by atoms with E-state index in [1.165, 1.54) is 12.8 Å². The van der Waals surface area contributed by atoms with Crippen LogP contribution in [0.5, 0.6) is 5.88 Å². The topological polar surface area (TPSA) is 64.3 Å². The molecule has 0 aliphatic carbocycles. The lowest BCUT2D eigenvalue weighted by Crippen LogP contribution is -2.48. The van der Waals surface area contributed by atoms with Crippen LogP contribution in [0.4, 0.5) is 5.95 Å². The van der Waals surface area contributed by atoms with Crippen LogP contribution in [0.25, 0.3) is 0 Å². The van der Waals surface area contributed by atoms with E-state index in [0.717, 1.165) is 24.5 Å². The van der Waals surface area contributed by atoms with E-state index in [-0.39, 0.29) is 0 Å². The minimum Gasteiger partial charge on any atom is -0.478 e. The van der Waals surface area contributed by atoms with Gasteiger partial charge in [-0.25, -0.2) is 4.98 Å². The van der Waals surface area contributed by atoms with Gasteiger partial charge < -0.3 is 15.4 Å². The number of hydrogen-bond acceptors (Lipinski definition) is 5. The molecule has 3 rings (SSSR count). The average molecular weight is 262 g/mol. The maximum atomic E-state index is 6.11. The Morgan fingerprint density at radius 2 is 2.00 bits per heavy atom. The summed E-state index contributed by atoms with van der Waals surface area (Å²) < 4.78 is 5.53. The molecule has 0 spiro atoms. The lowest BCUT2D eigenvalue weighted by atomic mass is 9.99. The molecule has 0 radical (unpaired) electrons. The van der Waals surface area contributed by atoms with Crippen LogP contribution in [0.1, 0.15) is 38.3 Å². The summed E-state index contributed by atoms with van der Waals surface area (Å²) in [6, 6.07) is 3.24. The Morgan fingerprint density at radius 1 is 1.32 bits per heavy atom. The van der Waals surface area contributed by atoms with E-state index in [1.807, 2.05) is 19.9 Å². The van der Waals surface area contributed by atoms with Crippen LogP contribution in [0.15, 0.2) is 6.07 Å². The molecule has 2 bridgehead atoms. The normalized spacial score (nSPS) is 29.6. The Hall–Kier alpha value is -1.36. The minimum atomic E-state index is 0.338. The largest absolute Gasteiger partial charge is 0.478 e. The summed E-state index contributed by atoms with van der Waals surface area (Å²) in [6.07, 6.45) is 4.52. The summed E-state index contributed by atoms with van der Waals surface area (Å²) >= 11 is 0. The van der Waals surface area contributed by atoms with Crippen molar-refractivity contribution in [2.24, 2.45) is 5.73 Å². The summed E-state index contributed by atoms with van der Waals surface area (Å²) in [4.78, 5) is 11.5. The highest BCUT2D eigenvalue weighted by atomic mass is 16.5. The Kier molecular flexibility index (Phi) is 3.31. The molecule has 2 aliphatic heterocycles. The number of nitrogens with two attached hydrogens (primary N) is 1. The number of fused-ring (bicyclic) bond motifs is 2. The monoisotopic (exact) mass is 262 g/mol. The van der Waals surface area contributed by atoms with Gasteiger partial charge in [-0.3, -0.25) is 0 Å². The second-order valence-corrected chi connectivity index (χ2v) is 5.60. The fraction of sp³-hybridized carbons (Fsp3) is 0.714. The zero-order valence-electron chi connectivity index (χ0n) is 11.7. The number of nitrogens with zero attached hydrogens (tertiary/aromatic N) is 3. The number of anilines is 1. The molecular formula is C14H22N4O. The van der Waals surface area contributed by atoms with Gasteiger partial charge >= 0.3 is 0 Å². The van der Waals surface area contributed by atoms with Crippen molar-refractivity contribution in [3.8, 4) is 5.88 Å². The summed E-state index contributed by atoms with van der Waals surface area (Å²) in [6.45, 7) is 4.60. The third-order valence-corrected chi connectivity index (χ3v) is 4.11. The SMILES string of the molecule is CCOc1cc(C)nc(N2C3CCC2CC(N)C3)n1. The lowest BCUT2D eigenvalue weighted by molar-refractivity contribution is 0.324. The van der Waals surface area contributed by atoms with E-state index in [2.05, 4.69) is 14.9 Å². The van der Waals surface area contributed by atoms with Crippen molar-refractivity contribution >= 4 is 5.95 Å². The molecule has 1 aromatic heterocycles. The summed E-state index contributed by atoms with van der Waals surface area (Å²) in [5.41, 5.74) is 7.07. The first kappa shape index (κ1) is 12.7. The molecule has 2 atom stereocenters. The van der Waals surface area contributed by atoms with E-state index in [1.54, 1.807) is 0 Å². The van der Waals surface area contributed by atoms with E-state index in [0.29, 0.717) is 30.6 Å². The Balaban J connectivity index is 1.90. The van der Waals surface area contributed by atoms with Gasteiger partial charge in [-0.05, 0) is 39.5 Å². The fourth-order valence-corrected chi connectivity index (χ4v) is 3.41. The number of aryl methyl sites for hydroxylation is 1. The van der Waals surface area contributed by atoms with Crippen molar-refractivity contribution in [2.75, 3.05) is 11.5 Å². The number of hydrogen-bond donors (Lipinski definition) is 1. The Bertz CT molecular complexity index is 451. The summed E-state index contributed by atoms with van der Waals surface area (Å²) in [5.74, 6) is 1.50. The molecule has 0 saturated carbocycles. The Labute approximate surface area is 114 Å². The van der Waals surface area contributed by atoms with Crippen molar-refractivity contribution in [2.45, 2.75) is 57.7 Å². The van der Waals surface area contributed by atoms with Gasteiger partial charge in [0.05, 0.1) is 6.61 Å². The smallest absolute Gasteiger partial charge is 0.229 e. The van der Waals surface area contributed by atoms with Gasteiger partial charge in [0, 0.05) is 29.9 Å². The second kappa shape index (κ2) is 4.96. The minimum absolute atomic E-state index is 0.338. The molecule has 2 N–H and O–H groups in total. The molecule has 1 aromatic rings. The Morgan fingerprint density at radius 3 is 2.63 bits per heavy atom. The first-order valence-corrected chi connectivity index (χ1v) is 7.19. The van der Waals surface area contributed by atoms with Gasteiger partial charge in [0.25, 0.3) is 0 Å². The van der Waals surface area contributed by atoms with Crippen molar-refractivity contribution in [1.82, 2.24) is 9.97 Å². The van der Waals surface area contributed by atoms with Crippen LogP contribution in [0.2, 0.25) is 0 Å². The van der Waals surface area contributed by atoms with Gasteiger partial charge in [-0.2, -0.15) is 4.98 Å². The molecule has 2 fully saturated rings. The maximum absolute atomic E-state index is 6.11. The van der Waals surface area contributed by atoms with Crippen LogP contribution in [0.3, 0.4) is 0 Å². The van der Waals surface area contributed by atoms with Gasteiger partial charge in [0.2, 0.25) is 11.8 Å². The highest BCUT2D eigenvalue weighted by molar-refractivity contribution is 5.40. The predicted molar refractivity (Wildman–Crippen MR) is 74.4 cm³/mol. The third-order valence-electron chi connectivity index (χ3n) is 4.11. The molecule has 2 saturated heterocycles. The maximum Gasteiger partial charge on any atom is 0.229 e. The quantitative estimate of drug-likeness (QED) is 0.897. The van der Waals surface area contributed by atoms with E-state index in [9.17, 15) is 0 Å². The van der Waals surface area contributed by atoms with Crippen LogP contribution in [-0.4, -0.2) is 34.7 Å². The van der Waals surface area contributed by atoms with E-state index < -0.39 is 0 Å². The first-order valence-electron chi connectivity index (χ1n) is 7.19. The summed E-state index contributed by atoms with van der Waals surface area (Å²) in [5, 5.41) is 0. The zero-order chi connectivity index (χ0) is 13.4. The molecule has 0 amide bonds. The predicted octanol–water partition coefficient (Wildman–Crippen LogP) is 1.64. The third kappa shape index (κ3) is 2.39. The van der Waals surface area contributed by atoms with Gasteiger partial charge in [-0.15, -0.1) is 0 Å². The first-order chi connectivity index (χ1) is 9.17. The second-order valence-electron chi connectivity index (χ2n) is 5.60. The molecule has 5 heteroatoms. The average Bonchev–Trinajstić information content (AvgIpc) is 2.61. The highest BCUT2D eigenvalue weighted by Crippen LogP contribution is 2.37. The molecule has 3 heterocycles. The molecule has 0 aromatic carbocycles. The van der Waals surface area contributed by atoms with E-state index in [4.69, 9.17) is 10.5 Å². The number of ether oxygens (including phenoxy) is 1. The molecule has 104 valence electrons. The fourth-order valence-electron chi connectivity index (χ4n) is 3.41. The number of piperidine rings is 1. The van der Waals surface area contributed by atoms with Crippen molar-refractivity contribution in [3.05, 3.63) is 11.8 Å². The van der Waals surface area contributed by atoms with Crippen LogP contribution in [0, 0.1) is 6.92 Å². The highest BCUT2D eigenvalue weighted by Gasteiger charge is 2.41. The van der Waals surface area contributed by atoms with Crippen molar-refractivity contribution in [3.63, 3.8) is 0 Å². The van der Waals surface area contributed by atoms with Crippen LogP contribution >= 0.6 is 0 Å². The number of aromatic nitrogens is 2. The van der Waals surface area contributed by atoms with Crippen molar-refractivity contribution in [1.29, 1.82) is 0 Å². The van der Waals surface area contributed by atoms with Crippen LogP contribution in [-0.2, 0) is 0 Å². The van der Waals surface area contributed by atoms with Gasteiger partial charge in [0.1, 0.15) is 0 Å². The van der Waals surface area contributed by atoms with E-state index >= 15 is 0 Å². The van der Waals surface area contributed by atoms with Gasteiger partial charge in [0.15, 0.2) is 0 Å². The lowest BCUT2D eigenvalue weighted by Gasteiger charge is -2.37. The van der Waals surface area contributed by atoms with Gasteiger partial charge in [-0.1, -0.05) is 0 Å².